The Morgan fingerprint density at radius 2 is 1.61 bits per heavy atom. The van der Waals surface area contributed by atoms with Crippen molar-refractivity contribution in [2.45, 2.75) is 6.54 Å². The molecule has 3 rings (SSSR count). The van der Waals surface area contributed by atoms with E-state index in [0.29, 0.717) is 0 Å². The highest BCUT2D eigenvalue weighted by Crippen LogP contribution is 2.22. The van der Waals surface area contributed by atoms with Crippen molar-refractivity contribution in [2.75, 3.05) is 31.1 Å². The van der Waals surface area contributed by atoms with Gasteiger partial charge in [-0.05, 0) is 17.7 Å². The number of hydrogen-bond donors (Lipinski definition) is 2. The number of piperazine rings is 1. The minimum Gasteiger partial charge on any atom is -0.409 e. The molecule has 0 bridgehead atoms. The molecule has 0 amide bonds. The third-order valence-electron chi connectivity index (χ3n) is 4.25. The highest BCUT2D eigenvalue weighted by Gasteiger charge is 2.20. The van der Waals surface area contributed by atoms with Gasteiger partial charge in [0.2, 0.25) is 0 Å². The second kappa shape index (κ2) is 7.15. The van der Waals surface area contributed by atoms with Crippen molar-refractivity contribution < 1.29 is 5.21 Å². The molecule has 1 aliphatic heterocycles. The molecule has 1 saturated heterocycles. The lowest BCUT2D eigenvalue weighted by atomic mass is 10.1. The van der Waals surface area contributed by atoms with Crippen molar-refractivity contribution in [3.05, 3.63) is 65.7 Å². The second-order valence-corrected chi connectivity index (χ2v) is 5.75. The fraction of sp³-hybridized carbons (Fsp3) is 0.278. The van der Waals surface area contributed by atoms with E-state index in [1.165, 1.54) is 5.56 Å². The van der Waals surface area contributed by atoms with Crippen molar-refractivity contribution in [3.8, 4) is 0 Å². The van der Waals surface area contributed by atoms with Gasteiger partial charge in [-0.3, -0.25) is 4.90 Å². The van der Waals surface area contributed by atoms with E-state index in [0.717, 1.165) is 44.0 Å². The zero-order valence-corrected chi connectivity index (χ0v) is 13.1. The van der Waals surface area contributed by atoms with E-state index >= 15 is 0 Å². The van der Waals surface area contributed by atoms with E-state index in [4.69, 9.17) is 10.9 Å². The molecule has 23 heavy (non-hydrogen) atoms. The number of rotatable bonds is 4. The summed E-state index contributed by atoms with van der Waals surface area (Å²) in [6.45, 7) is 4.85. The van der Waals surface area contributed by atoms with Crippen LogP contribution in [-0.2, 0) is 6.54 Å². The Labute approximate surface area is 136 Å². The molecule has 0 aliphatic carbocycles. The number of nitrogens with two attached hydrogens (primary N) is 1. The van der Waals surface area contributed by atoms with Crippen molar-refractivity contribution in [1.82, 2.24) is 4.90 Å². The zero-order valence-electron chi connectivity index (χ0n) is 13.1. The van der Waals surface area contributed by atoms with Crippen LogP contribution in [0.4, 0.5) is 5.69 Å². The summed E-state index contributed by atoms with van der Waals surface area (Å²) in [7, 11) is 0. The highest BCUT2D eigenvalue weighted by molar-refractivity contribution is 6.02. The highest BCUT2D eigenvalue weighted by atomic mass is 16.4. The minimum absolute atomic E-state index is 0.160. The predicted molar refractivity (Wildman–Crippen MR) is 92.9 cm³/mol. The number of anilines is 1. The van der Waals surface area contributed by atoms with Gasteiger partial charge in [-0.15, -0.1) is 0 Å². The maximum atomic E-state index is 8.95. The van der Waals surface area contributed by atoms with Crippen LogP contribution in [0.2, 0.25) is 0 Å². The summed E-state index contributed by atoms with van der Waals surface area (Å²) < 4.78 is 0. The molecule has 0 unspecified atom stereocenters. The van der Waals surface area contributed by atoms with Gasteiger partial charge in [-0.2, -0.15) is 0 Å². The largest absolute Gasteiger partial charge is 0.409 e. The Bertz CT molecular complexity index is 664. The Balaban J connectivity index is 1.66. The van der Waals surface area contributed by atoms with Crippen LogP contribution in [-0.4, -0.2) is 42.1 Å². The molecule has 0 radical (unpaired) electrons. The van der Waals surface area contributed by atoms with Crippen molar-refractivity contribution in [2.24, 2.45) is 10.9 Å². The summed E-state index contributed by atoms with van der Waals surface area (Å²) >= 11 is 0. The molecule has 5 nitrogen and oxygen atoms in total. The van der Waals surface area contributed by atoms with Gasteiger partial charge in [-0.1, -0.05) is 47.6 Å². The molecule has 0 aromatic heterocycles. The lowest BCUT2D eigenvalue weighted by Gasteiger charge is -2.37. The van der Waals surface area contributed by atoms with Gasteiger partial charge in [-0.25, -0.2) is 0 Å². The number of hydrogen-bond acceptors (Lipinski definition) is 4. The topological polar surface area (TPSA) is 65.1 Å². The van der Waals surface area contributed by atoms with Gasteiger partial charge in [0.05, 0.1) is 0 Å². The third-order valence-corrected chi connectivity index (χ3v) is 4.25. The summed E-state index contributed by atoms with van der Waals surface area (Å²) in [5.74, 6) is 0.160. The van der Waals surface area contributed by atoms with Crippen LogP contribution >= 0.6 is 0 Å². The average Bonchev–Trinajstić information content (AvgIpc) is 2.62. The van der Waals surface area contributed by atoms with E-state index in [2.05, 4.69) is 39.2 Å². The molecule has 1 fully saturated rings. The quantitative estimate of drug-likeness (QED) is 0.393. The zero-order chi connectivity index (χ0) is 16.1. The Morgan fingerprint density at radius 3 is 2.30 bits per heavy atom. The molecule has 1 heterocycles. The van der Waals surface area contributed by atoms with E-state index in [9.17, 15) is 0 Å². The van der Waals surface area contributed by atoms with E-state index < -0.39 is 0 Å². The number of benzene rings is 2. The van der Waals surface area contributed by atoms with Gasteiger partial charge >= 0.3 is 0 Å². The van der Waals surface area contributed by atoms with Crippen molar-refractivity contribution >= 4 is 11.5 Å². The van der Waals surface area contributed by atoms with Crippen LogP contribution in [0.3, 0.4) is 0 Å². The standard InChI is InChI=1S/C18H22N4O/c19-18(20-23)16-8-4-5-9-17(16)22-12-10-21(11-13-22)14-15-6-2-1-3-7-15/h1-9,23H,10-14H2,(H2,19,20). The van der Waals surface area contributed by atoms with E-state index in [1.807, 2.05) is 30.3 Å². The fourth-order valence-corrected chi connectivity index (χ4v) is 3.01. The van der Waals surface area contributed by atoms with Crippen molar-refractivity contribution in [3.63, 3.8) is 0 Å². The maximum Gasteiger partial charge on any atom is 0.172 e. The molecule has 3 N–H and O–H groups in total. The molecule has 2 aromatic carbocycles. The first-order valence-corrected chi connectivity index (χ1v) is 7.86. The third kappa shape index (κ3) is 3.63. The second-order valence-electron chi connectivity index (χ2n) is 5.75. The Morgan fingerprint density at radius 1 is 0.957 bits per heavy atom. The lowest BCUT2D eigenvalue weighted by Crippen LogP contribution is -2.46. The van der Waals surface area contributed by atoms with Gasteiger partial charge in [0.15, 0.2) is 5.84 Å². The smallest absolute Gasteiger partial charge is 0.172 e. The average molecular weight is 310 g/mol. The first-order valence-electron chi connectivity index (χ1n) is 7.86. The number of para-hydroxylation sites is 1. The summed E-state index contributed by atoms with van der Waals surface area (Å²) in [6, 6.07) is 18.4. The van der Waals surface area contributed by atoms with Crippen LogP contribution in [0.15, 0.2) is 59.8 Å². The Kier molecular flexibility index (Phi) is 4.78. The molecule has 0 spiro atoms. The molecule has 120 valence electrons. The van der Waals surface area contributed by atoms with Gasteiger partial charge in [0.25, 0.3) is 0 Å². The Hall–Kier alpha value is -2.53. The lowest BCUT2D eigenvalue weighted by molar-refractivity contribution is 0.250. The predicted octanol–water partition coefficient (Wildman–Crippen LogP) is 2.10. The van der Waals surface area contributed by atoms with E-state index in [1.54, 1.807) is 0 Å². The maximum absolute atomic E-state index is 8.95. The number of nitrogens with zero attached hydrogens (tertiary/aromatic N) is 3. The first kappa shape index (κ1) is 15.4. The molecule has 5 heteroatoms. The van der Waals surface area contributed by atoms with Crippen LogP contribution in [0.5, 0.6) is 0 Å². The van der Waals surface area contributed by atoms with E-state index in [-0.39, 0.29) is 5.84 Å². The van der Waals surface area contributed by atoms with Crippen LogP contribution in [0, 0.1) is 0 Å². The van der Waals surface area contributed by atoms with Gasteiger partial charge < -0.3 is 15.8 Å². The molecule has 1 aliphatic rings. The molecular formula is C18H22N4O. The van der Waals surface area contributed by atoms with Gasteiger partial charge in [0.1, 0.15) is 0 Å². The fourth-order valence-electron chi connectivity index (χ4n) is 3.01. The number of oxime groups is 1. The minimum atomic E-state index is 0.160. The summed E-state index contributed by atoms with van der Waals surface area (Å²) in [6.07, 6.45) is 0. The SMILES string of the molecule is NC(=NO)c1ccccc1N1CCN(Cc2ccccc2)CC1. The monoisotopic (exact) mass is 310 g/mol. The summed E-state index contributed by atoms with van der Waals surface area (Å²) in [4.78, 5) is 4.76. The first-order chi connectivity index (χ1) is 11.3. The molecule has 0 atom stereocenters. The van der Waals surface area contributed by atoms with Gasteiger partial charge in [0, 0.05) is 44.0 Å². The normalized spacial score (nSPS) is 16.5. The van der Waals surface area contributed by atoms with Crippen LogP contribution < -0.4 is 10.6 Å². The van der Waals surface area contributed by atoms with Crippen molar-refractivity contribution in [1.29, 1.82) is 0 Å². The summed E-state index contributed by atoms with van der Waals surface area (Å²) in [5.41, 5.74) is 8.95. The molecular weight excluding hydrogens is 288 g/mol. The number of amidine groups is 1. The van der Waals surface area contributed by atoms with Crippen LogP contribution in [0.1, 0.15) is 11.1 Å². The molecule has 0 saturated carbocycles. The van der Waals surface area contributed by atoms with Crippen LogP contribution in [0.25, 0.3) is 0 Å². The summed E-state index contributed by atoms with van der Waals surface area (Å²) in [5, 5.41) is 12.1. The molecule has 2 aromatic rings.